The molecule has 2 rings (SSSR count). The van der Waals surface area contributed by atoms with Gasteiger partial charge in [-0.25, -0.2) is 9.97 Å². The fourth-order valence-electron chi connectivity index (χ4n) is 2.47. The Morgan fingerprint density at radius 2 is 2.24 bits per heavy atom. The molecule has 5 heteroatoms. The summed E-state index contributed by atoms with van der Waals surface area (Å²) in [6, 6.07) is 0. The van der Waals surface area contributed by atoms with Crippen molar-refractivity contribution in [2.45, 2.75) is 38.2 Å². The van der Waals surface area contributed by atoms with Crippen LogP contribution in [0.1, 0.15) is 32.6 Å². The molecule has 17 heavy (non-hydrogen) atoms. The van der Waals surface area contributed by atoms with E-state index in [9.17, 15) is 5.11 Å². The molecule has 94 valence electrons. The minimum atomic E-state index is -0.623. The van der Waals surface area contributed by atoms with E-state index >= 15 is 0 Å². The molecule has 0 saturated heterocycles. The molecule has 1 fully saturated rings. The molecule has 0 bridgehead atoms. The summed E-state index contributed by atoms with van der Waals surface area (Å²) in [4.78, 5) is 8.11. The van der Waals surface area contributed by atoms with E-state index in [2.05, 4.69) is 22.2 Å². The first-order valence-corrected chi connectivity index (χ1v) is 6.11. The first kappa shape index (κ1) is 12.1. The lowest BCUT2D eigenvalue weighted by Crippen LogP contribution is -2.41. The lowest BCUT2D eigenvalue weighted by Gasteiger charge is -2.35. The molecule has 1 aromatic rings. The molecule has 1 heterocycles. The van der Waals surface area contributed by atoms with Gasteiger partial charge in [-0.3, -0.25) is 0 Å². The zero-order chi connectivity index (χ0) is 12.3. The molecule has 2 atom stereocenters. The Labute approximate surface area is 101 Å². The van der Waals surface area contributed by atoms with Crippen LogP contribution >= 0.6 is 0 Å². The second kappa shape index (κ2) is 4.87. The molecule has 0 spiro atoms. The Morgan fingerprint density at radius 1 is 1.53 bits per heavy atom. The Kier molecular flexibility index (Phi) is 3.47. The van der Waals surface area contributed by atoms with Gasteiger partial charge in [0.25, 0.3) is 0 Å². The first-order chi connectivity index (χ1) is 8.07. The number of hydrogen-bond donors (Lipinski definition) is 3. The lowest BCUT2D eigenvalue weighted by molar-refractivity contribution is -0.000894. The summed E-state index contributed by atoms with van der Waals surface area (Å²) in [7, 11) is 0. The van der Waals surface area contributed by atoms with E-state index in [0.717, 1.165) is 19.3 Å². The third-order valence-electron chi connectivity index (χ3n) is 3.31. The third-order valence-corrected chi connectivity index (χ3v) is 3.31. The molecule has 4 N–H and O–H groups in total. The molecule has 0 amide bonds. The van der Waals surface area contributed by atoms with Gasteiger partial charge in [-0.2, -0.15) is 0 Å². The van der Waals surface area contributed by atoms with Gasteiger partial charge in [0.05, 0.1) is 23.7 Å². The van der Waals surface area contributed by atoms with Gasteiger partial charge in [-0.05, 0) is 18.8 Å². The van der Waals surface area contributed by atoms with E-state index in [1.807, 2.05) is 0 Å². The number of hydrogen-bond acceptors (Lipinski definition) is 5. The number of nitrogens with two attached hydrogens (primary N) is 1. The van der Waals surface area contributed by atoms with Crippen LogP contribution in [0.5, 0.6) is 0 Å². The summed E-state index contributed by atoms with van der Waals surface area (Å²) in [6.07, 6.45) is 7.10. The van der Waals surface area contributed by atoms with E-state index in [4.69, 9.17) is 5.73 Å². The van der Waals surface area contributed by atoms with E-state index in [1.54, 1.807) is 12.4 Å². The maximum atomic E-state index is 10.4. The van der Waals surface area contributed by atoms with Crippen LogP contribution in [0.3, 0.4) is 0 Å². The molecular formula is C12H20N4O. The quantitative estimate of drug-likeness (QED) is 0.739. The van der Waals surface area contributed by atoms with Crippen molar-refractivity contribution in [1.29, 1.82) is 0 Å². The van der Waals surface area contributed by atoms with Crippen molar-refractivity contribution in [2.24, 2.45) is 5.92 Å². The van der Waals surface area contributed by atoms with Crippen molar-refractivity contribution in [3.63, 3.8) is 0 Å². The standard InChI is InChI=1S/C12H20N4O/c1-9-3-2-4-12(17,5-9)8-16-11-14-6-10(13)7-15-11/h6-7,9,17H,2-5,8,13H2,1H3,(H,14,15,16). The van der Waals surface area contributed by atoms with Crippen LogP contribution in [-0.2, 0) is 0 Å². The topological polar surface area (TPSA) is 84.1 Å². The predicted octanol–water partition coefficient (Wildman–Crippen LogP) is 1.41. The largest absolute Gasteiger partial charge is 0.396 e. The highest BCUT2D eigenvalue weighted by atomic mass is 16.3. The maximum absolute atomic E-state index is 10.4. The van der Waals surface area contributed by atoms with Crippen LogP contribution in [-0.4, -0.2) is 27.2 Å². The zero-order valence-corrected chi connectivity index (χ0v) is 10.2. The predicted molar refractivity (Wildman–Crippen MR) is 67.5 cm³/mol. The van der Waals surface area contributed by atoms with Crippen LogP contribution in [0, 0.1) is 5.92 Å². The fraction of sp³-hybridized carbons (Fsp3) is 0.667. The Morgan fingerprint density at radius 3 is 2.88 bits per heavy atom. The summed E-state index contributed by atoms with van der Waals surface area (Å²) in [5, 5.41) is 13.5. The lowest BCUT2D eigenvalue weighted by atomic mass is 9.79. The Hall–Kier alpha value is -1.36. The van der Waals surface area contributed by atoms with Crippen molar-refractivity contribution >= 4 is 11.6 Å². The molecule has 2 unspecified atom stereocenters. The number of rotatable bonds is 3. The summed E-state index contributed by atoms with van der Waals surface area (Å²) in [6.45, 7) is 2.69. The Balaban J connectivity index is 1.90. The highest BCUT2D eigenvalue weighted by molar-refractivity contribution is 5.36. The van der Waals surface area contributed by atoms with Gasteiger partial charge < -0.3 is 16.2 Å². The first-order valence-electron chi connectivity index (χ1n) is 6.11. The van der Waals surface area contributed by atoms with Crippen LogP contribution in [0.2, 0.25) is 0 Å². The van der Waals surface area contributed by atoms with Gasteiger partial charge in [-0.1, -0.05) is 19.8 Å². The highest BCUT2D eigenvalue weighted by Crippen LogP contribution is 2.32. The van der Waals surface area contributed by atoms with Gasteiger partial charge >= 0.3 is 0 Å². The second-order valence-electron chi connectivity index (χ2n) is 5.12. The van der Waals surface area contributed by atoms with Gasteiger partial charge in [0.2, 0.25) is 5.95 Å². The van der Waals surface area contributed by atoms with Crippen LogP contribution in [0.15, 0.2) is 12.4 Å². The number of nitrogens with one attached hydrogen (secondary N) is 1. The fourth-order valence-corrected chi connectivity index (χ4v) is 2.47. The summed E-state index contributed by atoms with van der Waals surface area (Å²) < 4.78 is 0. The molecule has 0 aliphatic heterocycles. The molecule has 0 aromatic carbocycles. The van der Waals surface area contributed by atoms with Crippen LogP contribution in [0.4, 0.5) is 11.6 Å². The second-order valence-corrected chi connectivity index (χ2v) is 5.12. The minimum absolute atomic E-state index is 0.501. The average Bonchev–Trinajstić information content (AvgIpc) is 2.28. The molecule has 5 nitrogen and oxygen atoms in total. The zero-order valence-electron chi connectivity index (χ0n) is 10.2. The highest BCUT2D eigenvalue weighted by Gasteiger charge is 2.32. The molecule has 1 saturated carbocycles. The molecule has 1 aliphatic rings. The number of aromatic nitrogens is 2. The maximum Gasteiger partial charge on any atom is 0.222 e. The van der Waals surface area contributed by atoms with E-state index in [1.165, 1.54) is 6.42 Å². The molecule has 0 radical (unpaired) electrons. The number of aliphatic hydroxyl groups is 1. The van der Waals surface area contributed by atoms with Gasteiger partial charge in [0, 0.05) is 6.54 Å². The van der Waals surface area contributed by atoms with Crippen molar-refractivity contribution < 1.29 is 5.11 Å². The normalized spacial score (nSPS) is 28.9. The van der Waals surface area contributed by atoms with E-state index < -0.39 is 5.60 Å². The summed E-state index contributed by atoms with van der Waals surface area (Å²) in [5.74, 6) is 1.11. The molecule has 1 aliphatic carbocycles. The number of nitrogen functional groups attached to an aromatic ring is 1. The van der Waals surface area contributed by atoms with Crippen molar-refractivity contribution in [1.82, 2.24) is 9.97 Å². The average molecular weight is 236 g/mol. The number of nitrogens with zero attached hydrogens (tertiary/aromatic N) is 2. The SMILES string of the molecule is CC1CCCC(O)(CNc2ncc(N)cn2)C1. The van der Waals surface area contributed by atoms with Gasteiger partial charge in [0.15, 0.2) is 0 Å². The van der Waals surface area contributed by atoms with Gasteiger partial charge in [0.1, 0.15) is 0 Å². The monoisotopic (exact) mass is 236 g/mol. The van der Waals surface area contributed by atoms with Crippen LogP contribution < -0.4 is 11.1 Å². The summed E-state index contributed by atoms with van der Waals surface area (Å²) >= 11 is 0. The van der Waals surface area contributed by atoms with Crippen LogP contribution in [0.25, 0.3) is 0 Å². The number of anilines is 2. The minimum Gasteiger partial charge on any atom is -0.396 e. The smallest absolute Gasteiger partial charge is 0.222 e. The van der Waals surface area contributed by atoms with Crippen molar-refractivity contribution in [3.8, 4) is 0 Å². The van der Waals surface area contributed by atoms with Crippen molar-refractivity contribution in [2.75, 3.05) is 17.6 Å². The van der Waals surface area contributed by atoms with Gasteiger partial charge in [-0.15, -0.1) is 0 Å². The van der Waals surface area contributed by atoms with E-state index in [-0.39, 0.29) is 0 Å². The molecular weight excluding hydrogens is 216 g/mol. The van der Waals surface area contributed by atoms with E-state index in [0.29, 0.717) is 24.1 Å². The summed E-state index contributed by atoms with van der Waals surface area (Å²) in [5.41, 5.74) is 5.43. The molecule has 1 aromatic heterocycles. The Bertz CT molecular complexity index is 367. The van der Waals surface area contributed by atoms with Crippen molar-refractivity contribution in [3.05, 3.63) is 12.4 Å². The third kappa shape index (κ3) is 3.30.